The maximum Gasteiger partial charge on any atom is 0.131 e. The Morgan fingerprint density at radius 3 is 2.15 bits per heavy atom. The van der Waals surface area contributed by atoms with Crippen molar-refractivity contribution in [3.63, 3.8) is 0 Å². The molecular formula is C17H29N3. The molecule has 0 radical (unpaired) electrons. The molecule has 1 N–H and O–H groups in total. The van der Waals surface area contributed by atoms with Gasteiger partial charge < -0.3 is 5.32 Å². The largest absolute Gasteiger partial charge is 0.320 e. The van der Waals surface area contributed by atoms with E-state index in [0.717, 1.165) is 25.2 Å². The first-order valence-electron chi connectivity index (χ1n) is 8.21. The van der Waals surface area contributed by atoms with Crippen LogP contribution in [-0.4, -0.2) is 23.6 Å². The Morgan fingerprint density at radius 1 is 1.00 bits per heavy atom. The highest BCUT2D eigenvalue weighted by Gasteiger charge is 2.19. The van der Waals surface area contributed by atoms with Gasteiger partial charge in [0.15, 0.2) is 0 Å². The van der Waals surface area contributed by atoms with Crippen LogP contribution in [0, 0.1) is 13.8 Å². The van der Waals surface area contributed by atoms with Crippen LogP contribution in [0.2, 0.25) is 0 Å². The molecule has 0 spiro atoms. The lowest BCUT2D eigenvalue weighted by atomic mass is 9.98. The van der Waals surface area contributed by atoms with Crippen LogP contribution >= 0.6 is 0 Å². The summed E-state index contributed by atoms with van der Waals surface area (Å²) < 4.78 is 0. The molecule has 1 aliphatic rings. The fraction of sp³-hybridized carbons (Fsp3) is 0.765. The van der Waals surface area contributed by atoms with Crippen LogP contribution in [0.3, 0.4) is 0 Å². The molecule has 1 saturated carbocycles. The summed E-state index contributed by atoms with van der Waals surface area (Å²) in [6.45, 7) is 5.37. The molecule has 0 saturated heterocycles. The van der Waals surface area contributed by atoms with Gasteiger partial charge in [-0.25, -0.2) is 9.97 Å². The van der Waals surface area contributed by atoms with E-state index in [-0.39, 0.29) is 0 Å². The second kappa shape index (κ2) is 7.72. The van der Waals surface area contributed by atoms with E-state index in [4.69, 9.17) is 9.97 Å². The molecule has 0 unspecified atom stereocenters. The SMILES string of the molecule is CNCCCc1c(C)nc(C2CCCCCC2)nc1C. The molecule has 2 rings (SSSR count). The summed E-state index contributed by atoms with van der Waals surface area (Å²) in [7, 11) is 2.01. The van der Waals surface area contributed by atoms with Crippen LogP contribution in [0.25, 0.3) is 0 Å². The summed E-state index contributed by atoms with van der Waals surface area (Å²) in [6.07, 6.45) is 10.3. The van der Waals surface area contributed by atoms with Crippen molar-refractivity contribution in [2.45, 2.75) is 71.1 Å². The van der Waals surface area contributed by atoms with Gasteiger partial charge in [-0.2, -0.15) is 0 Å². The molecule has 112 valence electrons. The predicted molar refractivity (Wildman–Crippen MR) is 84.2 cm³/mol. The fourth-order valence-corrected chi connectivity index (χ4v) is 3.29. The second-order valence-corrected chi connectivity index (χ2v) is 6.13. The van der Waals surface area contributed by atoms with E-state index in [1.807, 2.05) is 7.05 Å². The number of aryl methyl sites for hydroxylation is 2. The summed E-state index contributed by atoms with van der Waals surface area (Å²) >= 11 is 0. The maximum absolute atomic E-state index is 4.85. The van der Waals surface area contributed by atoms with Crippen molar-refractivity contribution < 1.29 is 0 Å². The van der Waals surface area contributed by atoms with Crippen LogP contribution in [0.5, 0.6) is 0 Å². The molecule has 1 aromatic rings. The Morgan fingerprint density at radius 2 is 1.60 bits per heavy atom. The highest BCUT2D eigenvalue weighted by molar-refractivity contribution is 5.25. The van der Waals surface area contributed by atoms with E-state index in [2.05, 4.69) is 19.2 Å². The van der Waals surface area contributed by atoms with Crippen LogP contribution < -0.4 is 5.32 Å². The number of hydrogen-bond acceptors (Lipinski definition) is 3. The molecule has 3 nitrogen and oxygen atoms in total. The lowest BCUT2D eigenvalue weighted by Gasteiger charge is -2.16. The minimum Gasteiger partial charge on any atom is -0.320 e. The lowest BCUT2D eigenvalue weighted by Crippen LogP contribution is -2.12. The number of hydrogen-bond donors (Lipinski definition) is 1. The summed E-state index contributed by atoms with van der Waals surface area (Å²) in [4.78, 5) is 9.69. The topological polar surface area (TPSA) is 37.8 Å². The highest BCUT2D eigenvalue weighted by atomic mass is 14.9. The number of rotatable bonds is 5. The first kappa shape index (κ1) is 15.4. The molecule has 20 heavy (non-hydrogen) atoms. The maximum atomic E-state index is 4.85. The van der Waals surface area contributed by atoms with Crippen molar-refractivity contribution >= 4 is 0 Å². The van der Waals surface area contributed by atoms with E-state index < -0.39 is 0 Å². The number of aromatic nitrogens is 2. The molecular weight excluding hydrogens is 246 g/mol. The molecule has 0 bridgehead atoms. The average molecular weight is 275 g/mol. The smallest absolute Gasteiger partial charge is 0.131 e. The summed E-state index contributed by atoms with van der Waals surface area (Å²) in [6, 6.07) is 0. The molecule has 3 heteroatoms. The molecule has 0 amide bonds. The molecule has 1 fully saturated rings. The van der Waals surface area contributed by atoms with Gasteiger partial charge in [0.05, 0.1) is 0 Å². The third-order valence-electron chi connectivity index (χ3n) is 4.51. The van der Waals surface area contributed by atoms with Crippen molar-refractivity contribution in [1.29, 1.82) is 0 Å². The van der Waals surface area contributed by atoms with E-state index >= 15 is 0 Å². The van der Waals surface area contributed by atoms with Gasteiger partial charge in [-0.05, 0) is 58.7 Å². The van der Waals surface area contributed by atoms with Crippen molar-refractivity contribution in [1.82, 2.24) is 15.3 Å². The minimum atomic E-state index is 0.598. The van der Waals surface area contributed by atoms with E-state index in [1.165, 1.54) is 55.5 Å². The van der Waals surface area contributed by atoms with Crippen molar-refractivity contribution in [3.8, 4) is 0 Å². The Bertz CT molecular complexity index is 397. The normalized spacial score (nSPS) is 17.1. The monoisotopic (exact) mass is 275 g/mol. The van der Waals surface area contributed by atoms with E-state index in [0.29, 0.717) is 5.92 Å². The molecule has 0 aromatic carbocycles. The zero-order valence-electron chi connectivity index (χ0n) is 13.3. The second-order valence-electron chi connectivity index (χ2n) is 6.13. The van der Waals surface area contributed by atoms with Gasteiger partial charge in [0, 0.05) is 17.3 Å². The van der Waals surface area contributed by atoms with Crippen molar-refractivity contribution in [2.75, 3.05) is 13.6 Å². The van der Waals surface area contributed by atoms with E-state index in [1.54, 1.807) is 0 Å². The number of nitrogens with zero attached hydrogens (tertiary/aromatic N) is 2. The third-order valence-corrected chi connectivity index (χ3v) is 4.51. The van der Waals surface area contributed by atoms with Gasteiger partial charge in [-0.3, -0.25) is 0 Å². The van der Waals surface area contributed by atoms with Crippen LogP contribution in [0.1, 0.15) is 73.6 Å². The van der Waals surface area contributed by atoms with Crippen molar-refractivity contribution in [2.24, 2.45) is 0 Å². The number of nitrogens with one attached hydrogen (secondary N) is 1. The first-order chi connectivity index (χ1) is 9.72. The van der Waals surface area contributed by atoms with Gasteiger partial charge in [0.1, 0.15) is 5.82 Å². The highest BCUT2D eigenvalue weighted by Crippen LogP contribution is 2.30. The Hall–Kier alpha value is -0.960. The Labute approximate surface area is 123 Å². The van der Waals surface area contributed by atoms with Crippen LogP contribution in [-0.2, 0) is 6.42 Å². The Balaban J connectivity index is 2.11. The Kier molecular flexibility index (Phi) is 5.96. The van der Waals surface area contributed by atoms with Crippen molar-refractivity contribution in [3.05, 3.63) is 22.8 Å². The van der Waals surface area contributed by atoms with Gasteiger partial charge in [-0.1, -0.05) is 25.7 Å². The first-order valence-corrected chi connectivity index (χ1v) is 8.21. The predicted octanol–water partition coefficient (Wildman–Crippen LogP) is 3.68. The lowest BCUT2D eigenvalue weighted by molar-refractivity contribution is 0.554. The standard InChI is InChI=1S/C17H29N3/c1-13-16(11-8-12-18-3)14(2)20-17(19-13)15-9-6-4-5-7-10-15/h15,18H,4-12H2,1-3H3. The van der Waals surface area contributed by atoms with Gasteiger partial charge in [0.2, 0.25) is 0 Å². The zero-order chi connectivity index (χ0) is 14.4. The summed E-state index contributed by atoms with van der Waals surface area (Å²) in [5.41, 5.74) is 3.76. The average Bonchev–Trinajstić information content (AvgIpc) is 2.70. The molecule has 0 atom stereocenters. The minimum absolute atomic E-state index is 0.598. The molecule has 1 heterocycles. The molecule has 1 aliphatic carbocycles. The van der Waals surface area contributed by atoms with Gasteiger partial charge >= 0.3 is 0 Å². The quantitative estimate of drug-likeness (QED) is 0.658. The van der Waals surface area contributed by atoms with Crippen LogP contribution in [0.15, 0.2) is 0 Å². The molecule has 0 aliphatic heterocycles. The van der Waals surface area contributed by atoms with Gasteiger partial charge in [0.25, 0.3) is 0 Å². The fourth-order valence-electron chi connectivity index (χ4n) is 3.29. The zero-order valence-corrected chi connectivity index (χ0v) is 13.3. The van der Waals surface area contributed by atoms with Crippen LogP contribution in [0.4, 0.5) is 0 Å². The summed E-state index contributed by atoms with van der Waals surface area (Å²) in [5.74, 6) is 1.71. The summed E-state index contributed by atoms with van der Waals surface area (Å²) in [5, 5.41) is 3.21. The van der Waals surface area contributed by atoms with Gasteiger partial charge in [-0.15, -0.1) is 0 Å². The van der Waals surface area contributed by atoms with E-state index in [9.17, 15) is 0 Å². The molecule has 1 aromatic heterocycles. The third kappa shape index (κ3) is 4.02.